The van der Waals surface area contributed by atoms with Crippen molar-refractivity contribution in [1.29, 1.82) is 0 Å². The Balaban J connectivity index is 1.66. The van der Waals surface area contributed by atoms with Crippen LogP contribution < -0.4 is 0 Å². The maximum atomic E-state index is 14.1. The third-order valence-corrected chi connectivity index (χ3v) is 8.51. The number of carbonyl (C=O) groups excluding carboxylic acids is 2. The fraction of sp³-hybridized carbons (Fsp3) is 0.615. The van der Waals surface area contributed by atoms with Crippen LogP contribution in [0.3, 0.4) is 0 Å². The number of rotatable bonds is 6. The standard InChI is InChI=1S/C26H32ClFO6/c1-14(2)26-12-20(32-22(31)13-29)25(4,34-26)17-10-8-15(3)23(17)24(26)33-21(30)11-9-16-18(27)6-5-7-19(16)28/h5-7,9,11,14-15,17,20,23-24,29H,8,10,12-13H2,1-4H3/b11-9+/t15-,17-,20-,23-,24+,25+,26?/m1/s1. The third-order valence-electron chi connectivity index (χ3n) is 8.18. The van der Waals surface area contributed by atoms with Crippen LogP contribution in [-0.2, 0) is 23.8 Å². The summed E-state index contributed by atoms with van der Waals surface area (Å²) in [7, 11) is 0. The molecule has 2 bridgehead atoms. The number of fused-ring (bicyclic) bond motifs is 4. The van der Waals surface area contributed by atoms with Crippen LogP contribution in [0.1, 0.15) is 52.5 Å². The smallest absolute Gasteiger partial charge is 0.332 e. The van der Waals surface area contributed by atoms with E-state index in [2.05, 4.69) is 6.92 Å². The molecule has 1 N–H and O–H groups in total. The quantitative estimate of drug-likeness (QED) is 0.461. The Bertz CT molecular complexity index is 975. The van der Waals surface area contributed by atoms with Gasteiger partial charge in [0.2, 0.25) is 0 Å². The van der Waals surface area contributed by atoms with E-state index in [0.717, 1.165) is 12.8 Å². The minimum absolute atomic E-state index is 0.0216. The molecular weight excluding hydrogens is 463 g/mol. The van der Waals surface area contributed by atoms with E-state index in [1.165, 1.54) is 24.3 Å². The van der Waals surface area contributed by atoms with E-state index in [4.69, 9.17) is 25.8 Å². The Morgan fingerprint density at radius 3 is 2.71 bits per heavy atom. The second-order valence-electron chi connectivity index (χ2n) is 10.3. The molecule has 34 heavy (non-hydrogen) atoms. The highest BCUT2D eigenvalue weighted by atomic mass is 35.5. The number of benzene rings is 1. The van der Waals surface area contributed by atoms with Crippen LogP contribution in [-0.4, -0.2) is 47.1 Å². The molecule has 1 unspecified atom stereocenters. The molecule has 2 heterocycles. The molecular formula is C26H32ClFO6. The van der Waals surface area contributed by atoms with Crippen LogP contribution in [0.5, 0.6) is 0 Å². The lowest BCUT2D eigenvalue weighted by Gasteiger charge is -2.52. The highest BCUT2D eigenvalue weighted by Gasteiger charge is 2.72. The summed E-state index contributed by atoms with van der Waals surface area (Å²) in [6, 6.07) is 4.33. The van der Waals surface area contributed by atoms with Crippen molar-refractivity contribution in [3.63, 3.8) is 0 Å². The molecule has 0 amide bonds. The van der Waals surface area contributed by atoms with Crippen molar-refractivity contribution in [1.82, 2.24) is 0 Å². The van der Waals surface area contributed by atoms with Gasteiger partial charge in [0, 0.05) is 24.0 Å². The zero-order chi connectivity index (χ0) is 24.8. The zero-order valence-electron chi connectivity index (χ0n) is 19.9. The molecule has 1 aliphatic carbocycles. The molecule has 2 aliphatic heterocycles. The van der Waals surface area contributed by atoms with E-state index in [-0.39, 0.29) is 34.3 Å². The SMILES string of the molecule is CC(C)C12C[C@@H](OC(=O)CO)[C@@](C)(O1)[C@@H]1CC[C@@H](C)[C@H]1[C@@H]2OC(=O)/C=C/c1c(F)cccc1Cl. The van der Waals surface area contributed by atoms with Crippen molar-refractivity contribution in [2.75, 3.05) is 6.61 Å². The molecule has 1 aromatic rings. The first kappa shape index (κ1) is 25.1. The maximum absolute atomic E-state index is 14.1. The van der Waals surface area contributed by atoms with Crippen LogP contribution in [0, 0.1) is 29.5 Å². The molecule has 7 atom stereocenters. The molecule has 4 rings (SSSR count). The first-order valence-corrected chi connectivity index (χ1v) is 12.2. The van der Waals surface area contributed by atoms with Gasteiger partial charge in [0.15, 0.2) is 0 Å². The highest BCUT2D eigenvalue weighted by Crippen LogP contribution is 2.63. The number of halogens is 2. The number of esters is 2. The second-order valence-corrected chi connectivity index (χ2v) is 10.7. The second kappa shape index (κ2) is 9.25. The maximum Gasteiger partial charge on any atom is 0.332 e. The van der Waals surface area contributed by atoms with Gasteiger partial charge in [-0.1, -0.05) is 38.4 Å². The van der Waals surface area contributed by atoms with E-state index < -0.39 is 47.8 Å². The molecule has 186 valence electrons. The van der Waals surface area contributed by atoms with Gasteiger partial charge in [0.05, 0.1) is 5.02 Å². The first-order valence-electron chi connectivity index (χ1n) is 11.9. The predicted octanol–water partition coefficient (Wildman–Crippen LogP) is 4.56. The van der Waals surface area contributed by atoms with Gasteiger partial charge in [-0.3, -0.25) is 0 Å². The predicted molar refractivity (Wildman–Crippen MR) is 124 cm³/mol. The summed E-state index contributed by atoms with van der Waals surface area (Å²) in [6.07, 6.45) is 3.58. The summed E-state index contributed by atoms with van der Waals surface area (Å²) in [5.74, 6) is -1.54. The Labute approximate surface area is 204 Å². The molecule has 1 saturated carbocycles. The molecule has 0 aromatic heterocycles. The van der Waals surface area contributed by atoms with E-state index in [9.17, 15) is 19.1 Å². The highest BCUT2D eigenvalue weighted by molar-refractivity contribution is 6.32. The van der Waals surface area contributed by atoms with Gasteiger partial charge in [-0.15, -0.1) is 0 Å². The summed E-state index contributed by atoms with van der Waals surface area (Å²) >= 11 is 6.07. The molecule has 3 fully saturated rings. The van der Waals surface area contributed by atoms with Crippen LogP contribution in [0.4, 0.5) is 4.39 Å². The summed E-state index contributed by atoms with van der Waals surface area (Å²) in [6.45, 7) is 7.43. The lowest BCUT2D eigenvalue weighted by atomic mass is 9.69. The molecule has 8 heteroatoms. The zero-order valence-corrected chi connectivity index (χ0v) is 20.7. The Morgan fingerprint density at radius 2 is 2.06 bits per heavy atom. The van der Waals surface area contributed by atoms with E-state index in [1.807, 2.05) is 20.8 Å². The summed E-state index contributed by atoms with van der Waals surface area (Å²) in [5.41, 5.74) is -1.46. The van der Waals surface area contributed by atoms with Crippen molar-refractivity contribution in [2.24, 2.45) is 23.7 Å². The van der Waals surface area contributed by atoms with Gasteiger partial charge >= 0.3 is 11.9 Å². The minimum Gasteiger partial charge on any atom is -0.457 e. The molecule has 6 nitrogen and oxygen atoms in total. The van der Waals surface area contributed by atoms with Crippen LogP contribution in [0.25, 0.3) is 6.08 Å². The lowest BCUT2D eigenvalue weighted by molar-refractivity contribution is -0.264. The van der Waals surface area contributed by atoms with Crippen LogP contribution in [0.15, 0.2) is 24.3 Å². The van der Waals surface area contributed by atoms with E-state index in [0.29, 0.717) is 6.42 Å². The van der Waals surface area contributed by atoms with Crippen LogP contribution >= 0.6 is 11.6 Å². The van der Waals surface area contributed by atoms with Gasteiger partial charge in [-0.05, 0) is 55.7 Å². The Kier molecular flexibility index (Phi) is 6.84. The molecule has 2 saturated heterocycles. The Morgan fingerprint density at radius 1 is 1.32 bits per heavy atom. The average molecular weight is 495 g/mol. The largest absolute Gasteiger partial charge is 0.457 e. The number of aliphatic hydroxyl groups is 1. The van der Waals surface area contributed by atoms with Crippen molar-refractivity contribution in [2.45, 2.75) is 70.4 Å². The van der Waals surface area contributed by atoms with Crippen molar-refractivity contribution >= 4 is 29.6 Å². The van der Waals surface area contributed by atoms with Crippen LogP contribution in [0.2, 0.25) is 5.02 Å². The molecule has 0 spiro atoms. The van der Waals surface area contributed by atoms with Gasteiger partial charge in [-0.2, -0.15) is 0 Å². The molecule has 0 radical (unpaired) electrons. The summed E-state index contributed by atoms with van der Waals surface area (Å²) in [4.78, 5) is 25.0. The third kappa shape index (κ3) is 4.06. The average Bonchev–Trinajstić information content (AvgIpc) is 3.29. The normalized spacial score (nSPS) is 36.6. The first-order chi connectivity index (χ1) is 16.0. The monoisotopic (exact) mass is 494 g/mol. The van der Waals surface area contributed by atoms with Gasteiger partial charge in [-0.25, -0.2) is 14.0 Å². The number of hydrogen-bond donors (Lipinski definition) is 1. The summed E-state index contributed by atoms with van der Waals surface area (Å²) in [5, 5.41) is 9.46. The summed E-state index contributed by atoms with van der Waals surface area (Å²) < 4.78 is 32.6. The number of aliphatic hydroxyl groups excluding tert-OH is 1. The Hall–Kier alpha value is -1.96. The van der Waals surface area contributed by atoms with E-state index >= 15 is 0 Å². The van der Waals surface area contributed by atoms with Crippen molar-refractivity contribution in [3.05, 3.63) is 40.7 Å². The lowest BCUT2D eigenvalue weighted by Crippen LogP contribution is -2.62. The fourth-order valence-electron chi connectivity index (χ4n) is 6.43. The van der Waals surface area contributed by atoms with Crippen molar-refractivity contribution in [3.8, 4) is 0 Å². The number of ether oxygens (including phenoxy) is 3. The van der Waals surface area contributed by atoms with E-state index in [1.54, 1.807) is 6.07 Å². The molecule has 3 aliphatic rings. The van der Waals surface area contributed by atoms with Gasteiger partial charge < -0.3 is 19.3 Å². The number of carbonyl (C=O) groups is 2. The minimum atomic E-state index is -0.853. The number of hydrogen-bond acceptors (Lipinski definition) is 6. The van der Waals surface area contributed by atoms with Gasteiger partial charge in [0.25, 0.3) is 0 Å². The fourth-order valence-corrected chi connectivity index (χ4v) is 6.65. The molecule has 1 aromatic carbocycles. The topological polar surface area (TPSA) is 82.1 Å². The van der Waals surface area contributed by atoms with Crippen molar-refractivity contribution < 1.29 is 33.3 Å². The van der Waals surface area contributed by atoms with Gasteiger partial charge in [0.1, 0.15) is 35.8 Å².